The Morgan fingerprint density at radius 3 is 2.23 bits per heavy atom. The summed E-state index contributed by atoms with van der Waals surface area (Å²) in [5, 5.41) is 0. The first kappa shape index (κ1) is 20.3. The van der Waals surface area contributed by atoms with E-state index in [9.17, 15) is 13.2 Å². The number of halogens is 1. The average molecular weight is 425 g/mol. The van der Waals surface area contributed by atoms with Crippen molar-refractivity contribution in [2.75, 3.05) is 6.54 Å². The van der Waals surface area contributed by atoms with E-state index in [1.807, 2.05) is 6.92 Å². The van der Waals surface area contributed by atoms with Crippen LogP contribution in [0.15, 0.2) is 83.8 Å². The highest BCUT2D eigenvalue weighted by Crippen LogP contribution is 2.37. The van der Waals surface area contributed by atoms with Crippen LogP contribution in [0.1, 0.15) is 21.5 Å². The number of para-hydroxylation sites is 1. The van der Waals surface area contributed by atoms with Gasteiger partial charge >= 0.3 is 5.85 Å². The number of hydrogen-bond donors (Lipinski definition) is 0. The Kier molecular flexibility index (Phi) is 5.17. The molecule has 0 saturated heterocycles. The molecule has 30 heavy (non-hydrogen) atoms. The molecule has 0 saturated carbocycles. The topological polar surface area (TPSA) is 63.7 Å². The van der Waals surface area contributed by atoms with Gasteiger partial charge in [0.2, 0.25) is 15.8 Å². The van der Waals surface area contributed by atoms with Gasteiger partial charge < -0.3 is 4.74 Å². The number of Topliss-reactive ketones (excluding diaryl/α,β-unsaturated/α-hetero) is 1. The predicted molar refractivity (Wildman–Crippen MR) is 110 cm³/mol. The number of ketones is 1. The van der Waals surface area contributed by atoms with E-state index in [4.69, 9.17) is 4.74 Å². The zero-order chi connectivity index (χ0) is 21.4. The van der Waals surface area contributed by atoms with Crippen LogP contribution in [0.4, 0.5) is 4.39 Å². The second kappa shape index (κ2) is 7.66. The first-order valence-corrected chi connectivity index (χ1v) is 10.9. The summed E-state index contributed by atoms with van der Waals surface area (Å²) in [4.78, 5) is 12.7. The van der Waals surface area contributed by atoms with E-state index < -0.39 is 28.2 Å². The largest absolute Gasteiger partial charge is 0.449 e. The van der Waals surface area contributed by atoms with E-state index in [1.165, 1.54) is 24.3 Å². The van der Waals surface area contributed by atoms with Crippen molar-refractivity contribution >= 4 is 15.8 Å². The zero-order valence-electron chi connectivity index (χ0n) is 16.3. The molecule has 1 atom stereocenters. The summed E-state index contributed by atoms with van der Waals surface area (Å²) in [5.41, 5.74) is 1.67. The van der Waals surface area contributed by atoms with Crippen LogP contribution in [0.25, 0.3) is 0 Å². The van der Waals surface area contributed by atoms with Crippen LogP contribution in [0.2, 0.25) is 0 Å². The Morgan fingerprint density at radius 1 is 0.933 bits per heavy atom. The second-order valence-electron chi connectivity index (χ2n) is 7.23. The van der Waals surface area contributed by atoms with Crippen LogP contribution in [0.3, 0.4) is 0 Å². The minimum Gasteiger partial charge on any atom is -0.449 e. The molecule has 1 aliphatic rings. The van der Waals surface area contributed by atoms with Crippen LogP contribution >= 0.6 is 0 Å². The number of ether oxygens (including phenoxy) is 1. The van der Waals surface area contributed by atoms with Gasteiger partial charge in [-0.3, -0.25) is 4.79 Å². The van der Waals surface area contributed by atoms with Crippen LogP contribution in [0, 0.1) is 6.92 Å². The lowest BCUT2D eigenvalue weighted by molar-refractivity contribution is -0.0336. The van der Waals surface area contributed by atoms with E-state index in [-0.39, 0.29) is 22.8 Å². The third kappa shape index (κ3) is 3.74. The molecule has 154 valence electrons. The molecule has 1 aliphatic heterocycles. The quantitative estimate of drug-likeness (QED) is 0.596. The van der Waals surface area contributed by atoms with Gasteiger partial charge in [0.1, 0.15) is 5.75 Å². The fourth-order valence-corrected chi connectivity index (χ4v) is 4.80. The molecule has 3 aromatic carbocycles. The number of fused-ring (bicyclic) bond motifs is 1. The molecular formula is C23H20FNO4S. The molecule has 0 aromatic heterocycles. The van der Waals surface area contributed by atoms with Crippen LogP contribution in [-0.2, 0) is 16.6 Å². The van der Waals surface area contributed by atoms with Gasteiger partial charge in [-0.25, -0.2) is 8.42 Å². The van der Waals surface area contributed by atoms with Crippen molar-refractivity contribution in [2.24, 2.45) is 0 Å². The Bertz CT molecular complexity index is 1180. The van der Waals surface area contributed by atoms with E-state index >= 15 is 4.39 Å². The maximum Gasteiger partial charge on any atom is 0.325 e. The first-order valence-electron chi connectivity index (χ1n) is 9.42. The van der Waals surface area contributed by atoms with Crippen molar-refractivity contribution in [3.8, 4) is 5.75 Å². The van der Waals surface area contributed by atoms with Crippen molar-refractivity contribution in [1.82, 2.24) is 4.31 Å². The van der Waals surface area contributed by atoms with Crippen molar-refractivity contribution in [3.05, 3.63) is 95.6 Å². The molecule has 7 heteroatoms. The monoisotopic (exact) mass is 425 g/mol. The maximum absolute atomic E-state index is 15.7. The molecule has 3 aromatic rings. The summed E-state index contributed by atoms with van der Waals surface area (Å²) in [6.45, 7) is 0.984. The highest BCUT2D eigenvalue weighted by atomic mass is 32.2. The Balaban J connectivity index is 1.71. The molecule has 0 spiro atoms. The normalized spacial score (nSPS) is 18.3. The molecule has 1 heterocycles. The van der Waals surface area contributed by atoms with E-state index in [0.29, 0.717) is 5.56 Å². The molecule has 0 aliphatic carbocycles. The fraction of sp³-hybridized carbons (Fsp3) is 0.174. The number of benzene rings is 3. The number of sulfonamides is 1. The standard InChI is InChI=1S/C23H20FNO4S/c1-17-11-13-19(14-12-17)30(27,28)25(15-18-7-3-2-4-8-18)16-23(24)22(26)20-9-5-6-10-21(20)29-23/h2-14H,15-16H2,1H3. The zero-order valence-corrected chi connectivity index (χ0v) is 17.1. The van der Waals surface area contributed by atoms with E-state index in [1.54, 1.807) is 54.6 Å². The lowest BCUT2D eigenvalue weighted by Crippen LogP contribution is -2.48. The molecule has 0 bridgehead atoms. The summed E-state index contributed by atoms with van der Waals surface area (Å²) in [5.74, 6) is -3.57. The molecule has 4 rings (SSSR count). The molecule has 0 N–H and O–H groups in total. The van der Waals surface area contributed by atoms with E-state index in [0.717, 1.165) is 9.87 Å². The fourth-order valence-electron chi connectivity index (χ4n) is 3.37. The number of carbonyl (C=O) groups excluding carboxylic acids is 1. The molecule has 0 amide bonds. The minimum absolute atomic E-state index is 0.0237. The number of aryl methyl sites for hydroxylation is 1. The molecule has 0 fully saturated rings. The number of rotatable bonds is 6. The minimum atomic E-state index is -4.09. The van der Waals surface area contributed by atoms with Gasteiger partial charge in [-0.2, -0.15) is 8.70 Å². The lowest BCUT2D eigenvalue weighted by atomic mass is 10.1. The number of nitrogens with zero attached hydrogens (tertiary/aromatic N) is 1. The Labute approximate surface area is 174 Å². The van der Waals surface area contributed by atoms with Gasteiger partial charge in [-0.05, 0) is 36.8 Å². The SMILES string of the molecule is Cc1ccc(S(=O)(=O)N(Cc2ccccc2)CC2(F)Oc3ccccc3C2=O)cc1. The van der Waals surface area contributed by atoms with Gasteiger partial charge in [0.15, 0.2) is 0 Å². The van der Waals surface area contributed by atoms with Crippen LogP contribution < -0.4 is 4.74 Å². The number of hydrogen-bond acceptors (Lipinski definition) is 4. The van der Waals surface area contributed by atoms with Gasteiger partial charge in [-0.15, -0.1) is 0 Å². The molecule has 1 unspecified atom stereocenters. The summed E-state index contributed by atoms with van der Waals surface area (Å²) in [6, 6.07) is 21.3. The summed E-state index contributed by atoms with van der Waals surface area (Å²) in [6.07, 6.45) is 0. The maximum atomic E-state index is 15.7. The molecular weight excluding hydrogens is 405 g/mol. The third-order valence-corrected chi connectivity index (χ3v) is 6.79. The Morgan fingerprint density at radius 2 is 1.57 bits per heavy atom. The highest BCUT2D eigenvalue weighted by Gasteiger charge is 2.51. The highest BCUT2D eigenvalue weighted by molar-refractivity contribution is 7.89. The number of carbonyl (C=O) groups is 1. The predicted octanol–water partition coefficient (Wildman–Crippen LogP) is 4.13. The average Bonchev–Trinajstić information content (AvgIpc) is 2.99. The molecule has 0 radical (unpaired) electrons. The van der Waals surface area contributed by atoms with Crippen molar-refractivity contribution in [1.29, 1.82) is 0 Å². The van der Waals surface area contributed by atoms with E-state index in [2.05, 4.69) is 0 Å². The smallest absolute Gasteiger partial charge is 0.325 e. The number of alkyl halides is 1. The lowest BCUT2D eigenvalue weighted by Gasteiger charge is -2.28. The van der Waals surface area contributed by atoms with Gasteiger partial charge in [0.25, 0.3) is 0 Å². The first-order chi connectivity index (χ1) is 14.3. The second-order valence-corrected chi connectivity index (χ2v) is 9.17. The van der Waals surface area contributed by atoms with Crippen molar-refractivity contribution < 1.29 is 22.3 Å². The molecule has 5 nitrogen and oxygen atoms in total. The van der Waals surface area contributed by atoms with Crippen LogP contribution in [-0.4, -0.2) is 30.9 Å². The van der Waals surface area contributed by atoms with Gasteiger partial charge in [-0.1, -0.05) is 60.2 Å². The van der Waals surface area contributed by atoms with Crippen molar-refractivity contribution in [3.63, 3.8) is 0 Å². The van der Waals surface area contributed by atoms with Gasteiger partial charge in [0, 0.05) is 6.54 Å². The van der Waals surface area contributed by atoms with Crippen LogP contribution in [0.5, 0.6) is 5.75 Å². The van der Waals surface area contributed by atoms with Gasteiger partial charge in [0.05, 0.1) is 17.0 Å². The van der Waals surface area contributed by atoms with Crippen molar-refractivity contribution in [2.45, 2.75) is 24.2 Å². The summed E-state index contributed by atoms with van der Waals surface area (Å²) >= 11 is 0. The Hall–Kier alpha value is -3.03. The summed E-state index contributed by atoms with van der Waals surface area (Å²) < 4.78 is 48.6. The summed E-state index contributed by atoms with van der Waals surface area (Å²) in [7, 11) is -4.09. The third-order valence-electron chi connectivity index (χ3n) is 4.98.